The summed E-state index contributed by atoms with van der Waals surface area (Å²) >= 11 is 3.43. The third kappa shape index (κ3) is 3.70. The summed E-state index contributed by atoms with van der Waals surface area (Å²) in [6, 6.07) is 5.65. The summed E-state index contributed by atoms with van der Waals surface area (Å²) in [6.07, 6.45) is 2.98. The Morgan fingerprint density at radius 1 is 1.47 bits per heavy atom. The zero-order chi connectivity index (χ0) is 13.8. The number of aliphatic hydroxyl groups is 1. The van der Waals surface area contributed by atoms with Crippen molar-refractivity contribution >= 4 is 27.6 Å². The third-order valence-corrected chi connectivity index (χ3v) is 4.24. The summed E-state index contributed by atoms with van der Waals surface area (Å²) in [4.78, 5) is 11.9. The van der Waals surface area contributed by atoms with Gasteiger partial charge in [0.15, 0.2) is 0 Å². The van der Waals surface area contributed by atoms with Crippen molar-refractivity contribution in [3.05, 3.63) is 28.2 Å². The second kappa shape index (κ2) is 6.39. The molecule has 0 unspecified atom stereocenters. The summed E-state index contributed by atoms with van der Waals surface area (Å²) in [5.41, 5.74) is 1.88. The normalized spacial score (nSPS) is 22.3. The highest BCUT2D eigenvalue weighted by Crippen LogP contribution is 2.26. The Kier molecular flexibility index (Phi) is 4.82. The number of aliphatic hydroxyl groups excluding tert-OH is 1. The van der Waals surface area contributed by atoms with Crippen LogP contribution in [0.2, 0.25) is 0 Å². The van der Waals surface area contributed by atoms with Crippen molar-refractivity contribution in [2.24, 2.45) is 5.92 Å². The van der Waals surface area contributed by atoms with Gasteiger partial charge in [0.1, 0.15) is 0 Å². The maximum Gasteiger partial charge on any atom is 0.319 e. The van der Waals surface area contributed by atoms with Crippen LogP contribution in [-0.2, 0) is 0 Å². The fourth-order valence-corrected chi connectivity index (χ4v) is 3.09. The van der Waals surface area contributed by atoms with Crippen molar-refractivity contribution in [3.63, 3.8) is 0 Å². The van der Waals surface area contributed by atoms with Crippen LogP contribution >= 0.6 is 15.9 Å². The van der Waals surface area contributed by atoms with Gasteiger partial charge in [-0.1, -0.05) is 12.5 Å². The third-order valence-electron chi connectivity index (χ3n) is 3.58. The molecule has 104 valence electrons. The number of hydrogen-bond donors (Lipinski definition) is 3. The second-order valence-corrected chi connectivity index (χ2v) is 5.92. The van der Waals surface area contributed by atoms with E-state index in [0.29, 0.717) is 0 Å². The van der Waals surface area contributed by atoms with Gasteiger partial charge in [-0.3, -0.25) is 0 Å². The molecule has 2 amide bonds. The van der Waals surface area contributed by atoms with Crippen LogP contribution in [0.3, 0.4) is 0 Å². The van der Waals surface area contributed by atoms with E-state index in [9.17, 15) is 9.90 Å². The number of carbonyl (C=O) groups is 1. The van der Waals surface area contributed by atoms with E-state index in [-0.39, 0.29) is 24.6 Å². The van der Waals surface area contributed by atoms with E-state index in [1.165, 1.54) is 0 Å². The first kappa shape index (κ1) is 14.3. The van der Waals surface area contributed by atoms with Crippen molar-refractivity contribution < 1.29 is 9.90 Å². The first-order valence-electron chi connectivity index (χ1n) is 6.54. The molecule has 5 heteroatoms. The molecule has 0 radical (unpaired) electrons. The minimum absolute atomic E-state index is 0.0780. The lowest BCUT2D eigenvalue weighted by molar-refractivity contribution is 0.203. The van der Waals surface area contributed by atoms with Gasteiger partial charge in [0.25, 0.3) is 0 Å². The minimum Gasteiger partial charge on any atom is -0.396 e. The summed E-state index contributed by atoms with van der Waals surface area (Å²) in [5.74, 6) is 0.187. The van der Waals surface area contributed by atoms with E-state index in [2.05, 4.69) is 26.6 Å². The van der Waals surface area contributed by atoms with Gasteiger partial charge in [0, 0.05) is 23.0 Å². The van der Waals surface area contributed by atoms with Crippen molar-refractivity contribution in [2.75, 3.05) is 11.9 Å². The summed E-state index contributed by atoms with van der Waals surface area (Å²) < 4.78 is 0.868. The first-order valence-corrected chi connectivity index (χ1v) is 7.34. The van der Waals surface area contributed by atoms with Crippen LogP contribution in [0.15, 0.2) is 22.7 Å². The van der Waals surface area contributed by atoms with E-state index in [4.69, 9.17) is 0 Å². The Bertz CT molecular complexity index is 465. The molecule has 1 saturated carbocycles. The molecule has 19 heavy (non-hydrogen) atoms. The molecule has 1 aliphatic rings. The molecule has 1 aromatic carbocycles. The van der Waals surface area contributed by atoms with Gasteiger partial charge in [-0.25, -0.2) is 4.79 Å². The summed E-state index contributed by atoms with van der Waals surface area (Å²) in [7, 11) is 0. The number of rotatable bonds is 3. The van der Waals surface area contributed by atoms with E-state index in [0.717, 1.165) is 35.0 Å². The maximum absolute atomic E-state index is 11.9. The van der Waals surface area contributed by atoms with Crippen LogP contribution in [0.5, 0.6) is 0 Å². The van der Waals surface area contributed by atoms with E-state index < -0.39 is 0 Å². The smallest absolute Gasteiger partial charge is 0.319 e. The lowest BCUT2D eigenvalue weighted by atomic mass is 10.1. The molecule has 4 nitrogen and oxygen atoms in total. The Morgan fingerprint density at radius 2 is 2.26 bits per heavy atom. The summed E-state index contributed by atoms with van der Waals surface area (Å²) in [6.45, 7) is 2.14. The SMILES string of the molecule is Cc1ccc(NC(=O)N[C@H]2CCC[C@@H]2CO)c(Br)c1. The van der Waals surface area contributed by atoms with Crippen molar-refractivity contribution in [1.29, 1.82) is 0 Å². The molecule has 1 aliphatic carbocycles. The fraction of sp³-hybridized carbons (Fsp3) is 0.500. The van der Waals surface area contributed by atoms with Gasteiger partial charge >= 0.3 is 6.03 Å². The highest BCUT2D eigenvalue weighted by Gasteiger charge is 2.27. The highest BCUT2D eigenvalue weighted by molar-refractivity contribution is 9.10. The molecule has 0 heterocycles. The van der Waals surface area contributed by atoms with Crippen LogP contribution in [0, 0.1) is 12.8 Å². The monoisotopic (exact) mass is 326 g/mol. The average molecular weight is 327 g/mol. The van der Waals surface area contributed by atoms with Gasteiger partial charge in [-0.05, 0) is 53.4 Å². The van der Waals surface area contributed by atoms with Gasteiger partial charge in [-0.2, -0.15) is 0 Å². The van der Waals surface area contributed by atoms with Crippen LogP contribution in [0.1, 0.15) is 24.8 Å². The van der Waals surface area contributed by atoms with E-state index in [1.807, 2.05) is 25.1 Å². The molecule has 0 aromatic heterocycles. The predicted molar refractivity (Wildman–Crippen MR) is 79.2 cm³/mol. The molecule has 0 aliphatic heterocycles. The topological polar surface area (TPSA) is 61.4 Å². The quantitative estimate of drug-likeness (QED) is 0.799. The molecule has 2 rings (SSSR count). The van der Waals surface area contributed by atoms with Crippen LogP contribution in [0.25, 0.3) is 0 Å². The minimum atomic E-state index is -0.213. The zero-order valence-electron chi connectivity index (χ0n) is 10.9. The lowest BCUT2D eigenvalue weighted by Crippen LogP contribution is -2.41. The Morgan fingerprint density at radius 3 is 2.95 bits per heavy atom. The molecule has 0 saturated heterocycles. The Hall–Kier alpha value is -1.07. The van der Waals surface area contributed by atoms with Gasteiger partial charge in [0.2, 0.25) is 0 Å². The molecule has 1 fully saturated rings. The molecule has 0 spiro atoms. The molecule has 0 bridgehead atoms. The van der Waals surface area contributed by atoms with Crippen LogP contribution < -0.4 is 10.6 Å². The molecule has 1 aromatic rings. The van der Waals surface area contributed by atoms with Crippen LogP contribution in [-0.4, -0.2) is 23.8 Å². The number of anilines is 1. The fourth-order valence-electron chi connectivity index (χ4n) is 2.49. The van der Waals surface area contributed by atoms with Crippen LogP contribution in [0.4, 0.5) is 10.5 Å². The van der Waals surface area contributed by atoms with Crippen molar-refractivity contribution in [2.45, 2.75) is 32.2 Å². The van der Waals surface area contributed by atoms with Crippen molar-refractivity contribution in [1.82, 2.24) is 5.32 Å². The van der Waals surface area contributed by atoms with Gasteiger partial charge in [0.05, 0.1) is 5.69 Å². The number of benzene rings is 1. The lowest BCUT2D eigenvalue weighted by Gasteiger charge is -2.19. The van der Waals surface area contributed by atoms with E-state index in [1.54, 1.807) is 0 Å². The molecule has 2 atom stereocenters. The standard InChI is InChI=1S/C14H19BrN2O2/c1-9-5-6-13(11(15)7-9)17-14(19)16-12-4-2-3-10(12)8-18/h5-7,10,12,18H,2-4,8H2,1H3,(H2,16,17,19)/t10-,12+/m1/s1. The first-order chi connectivity index (χ1) is 9.10. The number of hydrogen-bond acceptors (Lipinski definition) is 2. The number of urea groups is 1. The summed E-state index contributed by atoms with van der Waals surface area (Å²) in [5, 5.41) is 15.0. The largest absolute Gasteiger partial charge is 0.396 e. The van der Waals surface area contributed by atoms with Gasteiger partial charge in [-0.15, -0.1) is 0 Å². The zero-order valence-corrected chi connectivity index (χ0v) is 12.5. The maximum atomic E-state index is 11.9. The molecular weight excluding hydrogens is 308 g/mol. The van der Waals surface area contributed by atoms with Crippen molar-refractivity contribution in [3.8, 4) is 0 Å². The second-order valence-electron chi connectivity index (χ2n) is 5.06. The number of aryl methyl sites for hydroxylation is 1. The van der Waals surface area contributed by atoms with E-state index >= 15 is 0 Å². The highest BCUT2D eigenvalue weighted by atomic mass is 79.9. The Labute approximate surface area is 121 Å². The molecular formula is C14H19BrN2O2. The van der Waals surface area contributed by atoms with Gasteiger partial charge < -0.3 is 15.7 Å². The average Bonchev–Trinajstić information content (AvgIpc) is 2.80. The number of amides is 2. The number of nitrogens with one attached hydrogen (secondary N) is 2. The number of halogens is 1. The Balaban J connectivity index is 1.94. The predicted octanol–water partition coefficient (Wildman–Crippen LogP) is 3.04. The molecule has 3 N–H and O–H groups in total. The number of carbonyl (C=O) groups excluding carboxylic acids is 1.